The molecule has 3 nitrogen and oxygen atoms in total. The minimum Gasteiger partial charge on any atom is -0.322 e. The fourth-order valence-electron chi connectivity index (χ4n) is 3.12. The second-order valence-corrected chi connectivity index (χ2v) is 9.63. The maximum atomic E-state index is 12.9. The summed E-state index contributed by atoms with van der Waals surface area (Å²) < 4.78 is 0.446. The molecule has 1 amide bonds. The Labute approximate surface area is 172 Å². The van der Waals surface area contributed by atoms with Crippen molar-refractivity contribution in [3.63, 3.8) is 0 Å². The SMILES string of the molecule is Cc1nc2ccc(Cl)cc2cc1C(=O)Nc1cccc(C2SCCCS2)c1. The van der Waals surface area contributed by atoms with E-state index in [9.17, 15) is 4.79 Å². The number of amides is 1. The van der Waals surface area contributed by atoms with Crippen molar-refractivity contribution in [2.24, 2.45) is 0 Å². The lowest BCUT2D eigenvalue weighted by Crippen LogP contribution is -2.14. The molecule has 0 spiro atoms. The van der Waals surface area contributed by atoms with E-state index in [0.717, 1.165) is 16.6 Å². The third kappa shape index (κ3) is 4.26. The lowest BCUT2D eigenvalue weighted by Gasteiger charge is -2.21. The predicted octanol–water partition coefficient (Wildman–Crippen LogP) is 6.32. The molecule has 1 N–H and O–H groups in total. The van der Waals surface area contributed by atoms with Crippen LogP contribution in [-0.2, 0) is 0 Å². The van der Waals surface area contributed by atoms with Crippen LogP contribution >= 0.6 is 35.1 Å². The van der Waals surface area contributed by atoms with Crippen LogP contribution in [0.1, 0.15) is 32.6 Å². The molecule has 1 fully saturated rings. The molecule has 0 bridgehead atoms. The highest BCUT2D eigenvalue weighted by atomic mass is 35.5. The number of benzene rings is 2. The molecule has 0 saturated carbocycles. The highest BCUT2D eigenvalue weighted by Gasteiger charge is 2.18. The number of thioether (sulfide) groups is 2. The lowest BCUT2D eigenvalue weighted by atomic mass is 10.1. The summed E-state index contributed by atoms with van der Waals surface area (Å²) in [7, 11) is 0. The Morgan fingerprint density at radius 3 is 2.78 bits per heavy atom. The van der Waals surface area contributed by atoms with Gasteiger partial charge in [0.25, 0.3) is 5.91 Å². The molecule has 0 atom stereocenters. The molecule has 138 valence electrons. The van der Waals surface area contributed by atoms with Crippen molar-refractivity contribution in [3.8, 4) is 0 Å². The summed E-state index contributed by atoms with van der Waals surface area (Å²) >= 11 is 10.0. The molecule has 6 heteroatoms. The maximum Gasteiger partial charge on any atom is 0.257 e. The first-order valence-electron chi connectivity index (χ1n) is 8.81. The zero-order valence-corrected chi connectivity index (χ0v) is 17.3. The summed E-state index contributed by atoms with van der Waals surface area (Å²) in [5.74, 6) is 2.24. The molecular weight excluding hydrogens is 396 g/mol. The minimum atomic E-state index is -0.150. The minimum absolute atomic E-state index is 0.150. The van der Waals surface area contributed by atoms with Crippen LogP contribution in [0.25, 0.3) is 10.9 Å². The molecule has 27 heavy (non-hydrogen) atoms. The van der Waals surface area contributed by atoms with Crippen molar-refractivity contribution in [3.05, 3.63) is 70.4 Å². The summed E-state index contributed by atoms with van der Waals surface area (Å²) in [6, 6.07) is 15.5. The van der Waals surface area contributed by atoms with E-state index in [4.69, 9.17) is 11.6 Å². The fourth-order valence-corrected chi connectivity index (χ4v) is 6.17. The van der Waals surface area contributed by atoms with E-state index in [1.54, 1.807) is 0 Å². The Bertz CT molecular complexity index is 1000. The number of anilines is 1. The highest BCUT2D eigenvalue weighted by molar-refractivity contribution is 8.16. The van der Waals surface area contributed by atoms with Crippen LogP contribution in [0.15, 0.2) is 48.5 Å². The van der Waals surface area contributed by atoms with Crippen molar-refractivity contribution in [1.29, 1.82) is 0 Å². The standard InChI is InChI=1S/C21H19ClN2OS2/c1-13-18(12-15-10-16(22)6-7-19(15)23-13)20(25)24-17-5-2-4-14(11-17)21-26-8-3-9-27-21/h2,4-7,10-12,21H,3,8-9H2,1H3,(H,24,25). The van der Waals surface area contributed by atoms with Gasteiger partial charge in [0, 0.05) is 16.1 Å². The fraction of sp³-hybridized carbons (Fsp3) is 0.238. The van der Waals surface area contributed by atoms with Gasteiger partial charge in [-0.1, -0.05) is 23.7 Å². The average Bonchev–Trinajstić information content (AvgIpc) is 2.68. The molecule has 0 unspecified atom stereocenters. The van der Waals surface area contributed by atoms with Crippen LogP contribution in [0.3, 0.4) is 0 Å². The summed E-state index contributed by atoms with van der Waals surface area (Å²) in [6.45, 7) is 1.86. The van der Waals surface area contributed by atoms with Gasteiger partial charge in [-0.3, -0.25) is 9.78 Å². The van der Waals surface area contributed by atoms with Crippen LogP contribution in [0, 0.1) is 6.92 Å². The monoisotopic (exact) mass is 414 g/mol. The van der Waals surface area contributed by atoms with Gasteiger partial charge in [0.2, 0.25) is 0 Å². The van der Waals surface area contributed by atoms with Gasteiger partial charge in [-0.15, -0.1) is 23.5 Å². The van der Waals surface area contributed by atoms with E-state index in [1.807, 2.05) is 66.8 Å². The summed E-state index contributed by atoms with van der Waals surface area (Å²) in [5, 5.41) is 4.52. The number of nitrogens with zero attached hydrogens (tertiary/aromatic N) is 1. The smallest absolute Gasteiger partial charge is 0.257 e. The van der Waals surface area contributed by atoms with Gasteiger partial charge in [0.05, 0.1) is 21.4 Å². The van der Waals surface area contributed by atoms with Crippen molar-refractivity contribution < 1.29 is 4.79 Å². The predicted molar refractivity (Wildman–Crippen MR) is 118 cm³/mol. The van der Waals surface area contributed by atoms with Gasteiger partial charge in [-0.25, -0.2) is 0 Å². The van der Waals surface area contributed by atoms with Gasteiger partial charge in [-0.2, -0.15) is 0 Å². The Kier molecular flexibility index (Phi) is 5.62. The van der Waals surface area contributed by atoms with Gasteiger partial charge < -0.3 is 5.32 Å². The van der Waals surface area contributed by atoms with Crippen molar-refractivity contribution in [2.45, 2.75) is 17.9 Å². The third-order valence-corrected chi connectivity index (χ3v) is 7.71. The van der Waals surface area contributed by atoms with Crippen LogP contribution < -0.4 is 5.32 Å². The van der Waals surface area contributed by atoms with Crippen molar-refractivity contribution in [2.75, 3.05) is 16.8 Å². The van der Waals surface area contributed by atoms with Gasteiger partial charge in [-0.05, 0) is 66.8 Å². The molecule has 0 radical (unpaired) electrons. The second kappa shape index (κ2) is 8.13. The van der Waals surface area contributed by atoms with E-state index >= 15 is 0 Å². The van der Waals surface area contributed by atoms with E-state index in [2.05, 4.69) is 22.4 Å². The maximum absolute atomic E-state index is 12.9. The first-order valence-corrected chi connectivity index (χ1v) is 11.3. The molecule has 2 aromatic carbocycles. The second-order valence-electron chi connectivity index (χ2n) is 6.47. The van der Waals surface area contributed by atoms with Gasteiger partial charge in [0.1, 0.15) is 0 Å². The largest absolute Gasteiger partial charge is 0.322 e. The number of rotatable bonds is 3. The molecule has 1 saturated heterocycles. The topological polar surface area (TPSA) is 42.0 Å². The number of carbonyl (C=O) groups is 1. The van der Waals surface area contributed by atoms with Gasteiger partial charge >= 0.3 is 0 Å². The van der Waals surface area contributed by atoms with E-state index < -0.39 is 0 Å². The summed E-state index contributed by atoms with van der Waals surface area (Å²) in [4.78, 5) is 17.4. The number of fused-ring (bicyclic) bond motifs is 1. The Balaban J connectivity index is 1.58. The number of aromatic nitrogens is 1. The normalized spacial score (nSPS) is 15.0. The number of halogens is 1. The molecule has 3 aromatic rings. The number of nitrogens with one attached hydrogen (secondary N) is 1. The first kappa shape index (κ1) is 18.7. The van der Waals surface area contributed by atoms with E-state index in [-0.39, 0.29) is 5.91 Å². The van der Waals surface area contributed by atoms with Gasteiger partial charge in [0.15, 0.2) is 0 Å². The van der Waals surface area contributed by atoms with E-state index in [0.29, 0.717) is 20.9 Å². The van der Waals surface area contributed by atoms with E-state index in [1.165, 1.54) is 23.5 Å². The third-order valence-electron chi connectivity index (χ3n) is 4.46. The van der Waals surface area contributed by atoms with Crippen molar-refractivity contribution >= 4 is 57.6 Å². The zero-order chi connectivity index (χ0) is 18.8. The first-order chi connectivity index (χ1) is 13.1. The molecule has 2 heterocycles. The summed E-state index contributed by atoms with van der Waals surface area (Å²) in [5.41, 5.74) is 4.17. The van der Waals surface area contributed by atoms with Crippen molar-refractivity contribution in [1.82, 2.24) is 4.98 Å². The molecule has 4 rings (SSSR count). The lowest BCUT2D eigenvalue weighted by molar-refractivity contribution is 0.102. The average molecular weight is 415 g/mol. The van der Waals surface area contributed by atoms with Crippen LogP contribution in [-0.4, -0.2) is 22.4 Å². The molecule has 0 aliphatic carbocycles. The molecule has 1 aliphatic heterocycles. The van der Waals surface area contributed by atoms with Crippen LogP contribution in [0.5, 0.6) is 0 Å². The number of hydrogen-bond acceptors (Lipinski definition) is 4. The Hall–Kier alpha value is -1.69. The molecule has 1 aliphatic rings. The Morgan fingerprint density at radius 2 is 1.96 bits per heavy atom. The number of pyridine rings is 1. The quantitative estimate of drug-likeness (QED) is 0.544. The number of hydrogen-bond donors (Lipinski definition) is 1. The summed E-state index contributed by atoms with van der Waals surface area (Å²) in [6.07, 6.45) is 1.26. The number of carbonyl (C=O) groups excluding carboxylic acids is 1. The number of aryl methyl sites for hydroxylation is 1. The highest BCUT2D eigenvalue weighted by Crippen LogP contribution is 2.44. The Morgan fingerprint density at radius 1 is 1.15 bits per heavy atom. The van der Waals surface area contributed by atoms with Crippen LogP contribution in [0.4, 0.5) is 5.69 Å². The molecular formula is C21H19ClN2OS2. The van der Waals surface area contributed by atoms with Crippen LogP contribution in [0.2, 0.25) is 5.02 Å². The zero-order valence-electron chi connectivity index (χ0n) is 14.9. The molecule has 1 aromatic heterocycles.